The minimum atomic E-state index is -0.727. The van der Waals surface area contributed by atoms with Crippen molar-refractivity contribution in [1.29, 1.82) is 0 Å². The van der Waals surface area contributed by atoms with Crippen LogP contribution < -0.4 is 9.47 Å². The van der Waals surface area contributed by atoms with E-state index in [0.29, 0.717) is 0 Å². The Kier molecular flexibility index (Phi) is 5.78. The second kappa shape index (κ2) is 9.40. The van der Waals surface area contributed by atoms with Crippen LogP contribution in [0.1, 0.15) is 22.5 Å². The first kappa shape index (κ1) is 22.7. The number of hydrogen-bond donors (Lipinski definition) is 2. The van der Waals surface area contributed by atoms with Gasteiger partial charge >= 0.3 is 0 Å². The predicted octanol–water partition coefficient (Wildman–Crippen LogP) is 7.56. The number of fused-ring (bicyclic) bond motifs is 1. The van der Waals surface area contributed by atoms with Gasteiger partial charge in [-0.25, -0.2) is 0 Å². The average Bonchev–Trinajstić information content (AvgIpc) is 3.64. The molecule has 0 amide bonds. The summed E-state index contributed by atoms with van der Waals surface area (Å²) in [6.45, 7) is 0. The Bertz CT molecular complexity index is 1640. The van der Waals surface area contributed by atoms with Gasteiger partial charge in [0.25, 0.3) is 0 Å². The number of aromatic nitrogens is 2. The normalized spacial score (nSPS) is 12.8. The van der Waals surface area contributed by atoms with Crippen molar-refractivity contribution in [3.05, 3.63) is 144 Å². The first-order valence-corrected chi connectivity index (χ1v) is 12.4. The molecule has 4 nitrogen and oxygen atoms in total. The predicted molar refractivity (Wildman–Crippen MR) is 149 cm³/mol. The highest BCUT2D eigenvalue weighted by Gasteiger charge is 2.44. The molecule has 0 radical (unpaired) electrons. The molecule has 0 saturated carbocycles. The van der Waals surface area contributed by atoms with Gasteiger partial charge in [-0.2, -0.15) is 0 Å². The summed E-state index contributed by atoms with van der Waals surface area (Å²) in [5.41, 5.74) is 6.82. The zero-order chi connectivity index (χ0) is 25.2. The molecule has 0 saturated heterocycles. The molecule has 0 aliphatic rings. The maximum absolute atomic E-state index is 6.00. The number of H-pyrrole nitrogens is 2. The lowest BCUT2D eigenvalue weighted by molar-refractivity contribution is 0.404. The lowest BCUT2D eigenvalue weighted by atomic mass is 9.67. The number of benzene rings is 4. The number of methoxy groups -OCH3 is 2. The van der Waals surface area contributed by atoms with Gasteiger partial charge in [0.05, 0.1) is 14.2 Å². The molecule has 0 aliphatic carbocycles. The van der Waals surface area contributed by atoms with Gasteiger partial charge in [0.2, 0.25) is 0 Å². The van der Waals surface area contributed by atoms with Crippen LogP contribution in [0.15, 0.2) is 121 Å². The Hall–Kier alpha value is -4.70. The number of aromatic amines is 2. The molecule has 37 heavy (non-hydrogen) atoms. The standard InChI is InChI=1S/C33H28N2O2/c1-36-25-19-20-28-26(22-25)31(23-12-5-3-6-13-23)32(35-28)33(30-18-11-21-34-30,24-14-7-4-8-15-24)27-16-9-10-17-29(27)37-2/h3-22,34-35H,1-2H3/t33-/m0/s1. The summed E-state index contributed by atoms with van der Waals surface area (Å²) in [6.07, 6.45) is 1.98. The van der Waals surface area contributed by atoms with E-state index in [9.17, 15) is 0 Å². The first-order valence-electron chi connectivity index (χ1n) is 12.4. The molecule has 4 aromatic carbocycles. The van der Waals surface area contributed by atoms with Gasteiger partial charge in [0.1, 0.15) is 16.9 Å². The molecule has 0 aliphatic heterocycles. The zero-order valence-electron chi connectivity index (χ0n) is 20.9. The highest BCUT2D eigenvalue weighted by atomic mass is 16.5. The summed E-state index contributed by atoms with van der Waals surface area (Å²) in [6, 6.07) is 39.9. The van der Waals surface area contributed by atoms with Crippen molar-refractivity contribution in [1.82, 2.24) is 9.97 Å². The third-order valence-corrected chi connectivity index (χ3v) is 7.16. The van der Waals surface area contributed by atoms with E-state index in [4.69, 9.17) is 9.47 Å². The Balaban J connectivity index is 1.84. The van der Waals surface area contributed by atoms with Crippen molar-refractivity contribution in [3.63, 3.8) is 0 Å². The number of ether oxygens (including phenoxy) is 2. The highest BCUT2D eigenvalue weighted by molar-refractivity contribution is 6.00. The summed E-state index contributed by atoms with van der Waals surface area (Å²) < 4.78 is 11.6. The lowest BCUT2D eigenvalue weighted by Crippen LogP contribution is -2.33. The molecule has 0 spiro atoms. The van der Waals surface area contributed by atoms with Crippen LogP contribution in [0.4, 0.5) is 0 Å². The summed E-state index contributed by atoms with van der Waals surface area (Å²) in [4.78, 5) is 7.43. The van der Waals surface area contributed by atoms with Crippen LogP contribution >= 0.6 is 0 Å². The third kappa shape index (κ3) is 3.61. The average molecular weight is 485 g/mol. The lowest BCUT2D eigenvalue weighted by Gasteiger charge is -2.36. The van der Waals surface area contributed by atoms with Crippen molar-refractivity contribution in [2.24, 2.45) is 0 Å². The Morgan fingerprint density at radius 3 is 2.11 bits per heavy atom. The number of rotatable bonds is 7. The second-order valence-electron chi connectivity index (χ2n) is 9.05. The molecule has 2 aromatic heterocycles. The topological polar surface area (TPSA) is 50.0 Å². The van der Waals surface area contributed by atoms with Crippen LogP contribution in [0.2, 0.25) is 0 Å². The summed E-state index contributed by atoms with van der Waals surface area (Å²) >= 11 is 0. The Morgan fingerprint density at radius 2 is 1.41 bits per heavy atom. The van der Waals surface area contributed by atoms with Crippen LogP contribution in [0.3, 0.4) is 0 Å². The molecule has 1 atom stereocenters. The van der Waals surface area contributed by atoms with E-state index in [1.807, 2.05) is 30.5 Å². The van der Waals surface area contributed by atoms with Gasteiger partial charge in [-0.15, -0.1) is 0 Å². The van der Waals surface area contributed by atoms with Gasteiger partial charge in [0.15, 0.2) is 0 Å². The van der Waals surface area contributed by atoms with Crippen LogP contribution in [0.25, 0.3) is 22.0 Å². The molecule has 0 fully saturated rings. The number of para-hydroxylation sites is 1. The fourth-order valence-electron chi connectivity index (χ4n) is 5.56. The molecule has 6 rings (SSSR count). The van der Waals surface area contributed by atoms with Gasteiger partial charge in [0, 0.05) is 39.6 Å². The molecular formula is C33H28N2O2. The summed E-state index contributed by atoms with van der Waals surface area (Å²) in [5.74, 6) is 1.63. The van der Waals surface area contributed by atoms with Crippen molar-refractivity contribution < 1.29 is 9.47 Å². The molecule has 2 heterocycles. The van der Waals surface area contributed by atoms with Crippen LogP contribution in [0, 0.1) is 0 Å². The van der Waals surface area contributed by atoms with Crippen molar-refractivity contribution in [2.45, 2.75) is 5.41 Å². The highest BCUT2D eigenvalue weighted by Crippen LogP contribution is 2.52. The van der Waals surface area contributed by atoms with Crippen molar-refractivity contribution in [2.75, 3.05) is 14.2 Å². The molecule has 2 N–H and O–H groups in total. The Labute approximate surface area is 216 Å². The van der Waals surface area contributed by atoms with E-state index >= 15 is 0 Å². The zero-order valence-corrected chi connectivity index (χ0v) is 20.9. The molecule has 4 heteroatoms. The summed E-state index contributed by atoms with van der Waals surface area (Å²) in [7, 11) is 3.44. The van der Waals surface area contributed by atoms with E-state index in [2.05, 4.69) is 101 Å². The van der Waals surface area contributed by atoms with E-state index < -0.39 is 5.41 Å². The van der Waals surface area contributed by atoms with Gasteiger partial charge < -0.3 is 19.4 Å². The minimum absolute atomic E-state index is 0.727. The van der Waals surface area contributed by atoms with E-state index in [-0.39, 0.29) is 0 Å². The second-order valence-corrected chi connectivity index (χ2v) is 9.05. The molecule has 0 unspecified atom stereocenters. The van der Waals surface area contributed by atoms with Gasteiger partial charge in [-0.3, -0.25) is 0 Å². The largest absolute Gasteiger partial charge is 0.497 e. The molecule has 0 bridgehead atoms. The van der Waals surface area contributed by atoms with E-state index in [0.717, 1.165) is 56.0 Å². The maximum atomic E-state index is 6.00. The Morgan fingerprint density at radius 1 is 0.676 bits per heavy atom. The SMILES string of the molecule is COc1ccc2[nH]c([C@](c3ccccc3)(c3ccc[nH]3)c3ccccc3OC)c(-c3ccccc3)c2c1. The number of nitrogens with one attached hydrogen (secondary N) is 2. The van der Waals surface area contributed by atoms with Gasteiger partial charge in [-0.1, -0.05) is 78.9 Å². The van der Waals surface area contributed by atoms with Crippen molar-refractivity contribution in [3.8, 4) is 22.6 Å². The van der Waals surface area contributed by atoms with Crippen LogP contribution in [0.5, 0.6) is 11.5 Å². The van der Waals surface area contributed by atoms with Crippen LogP contribution in [-0.4, -0.2) is 24.2 Å². The summed E-state index contributed by atoms with van der Waals surface area (Å²) in [5, 5.41) is 1.10. The quantitative estimate of drug-likeness (QED) is 0.246. The van der Waals surface area contributed by atoms with Crippen LogP contribution in [-0.2, 0) is 5.41 Å². The molecule has 182 valence electrons. The smallest absolute Gasteiger partial charge is 0.123 e. The fourth-order valence-corrected chi connectivity index (χ4v) is 5.56. The van der Waals surface area contributed by atoms with E-state index in [1.165, 1.54) is 0 Å². The van der Waals surface area contributed by atoms with Crippen molar-refractivity contribution >= 4 is 10.9 Å². The third-order valence-electron chi connectivity index (χ3n) is 7.16. The molecular weight excluding hydrogens is 456 g/mol. The fraction of sp³-hybridized carbons (Fsp3) is 0.0909. The number of hydrogen-bond acceptors (Lipinski definition) is 2. The van der Waals surface area contributed by atoms with E-state index in [1.54, 1.807) is 14.2 Å². The van der Waals surface area contributed by atoms with Gasteiger partial charge in [-0.05, 0) is 47.5 Å². The minimum Gasteiger partial charge on any atom is -0.497 e. The first-order chi connectivity index (χ1) is 18.3. The monoisotopic (exact) mass is 484 g/mol. The molecule has 6 aromatic rings. The maximum Gasteiger partial charge on any atom is 0.123 e.